The van der Waals surface area contributed by atoms with Gasteiger partial charge in [-0.25, -0.2) is 0 Å². The van der Waals surface area contributed by atoms with Crippen LogP contribution in [0, 0.1) is 0 Å². The molecule has 1 aromatic rings. The zero-order chi connectivity index (χ0) is 11.5. The minimum Gasteiger partial charge on any atom is -0.322 e. The second kappa shape index (κ2) is 4.31. The van der Waals surface area contributed by atoms with Gasteiger partial charge in [-0.05, 0) is 42.7 Å². The molecule has 0 aliphatic carbocycles. The van der Waals surface area contributed by atoms with Crippen LogP contribution in [0.25, 0.3) is 6.08 Å². The monoisotopic (exact) mass is 214 g/mol. The first-order chi connectivity index (χ1) is 7.72. The molecule has 0 aromatic carbocycles. The van der Waals surface area contributed by atoms with Gasteiger partial charge in [0.1, 0.15) is 0 Å². The summed E-state index contributed by atoms with van der Waals surface area (Å²) < 4.78 is 0. The Morgan fingerprint density at radius 3 is 2.62 bits per heavy atom. The number of hydrogen-bond donors (Lipinski definition) is 1. The highest BCUT2D eigenvalue weighted by atomic mass is 16.1. The van der Waals surface area contributed by atoms with E-state index in [1.54, 1.807) is 12.4 Å². The van der Waals surface area contributed by atoms with Gasteiger partial charge in [-0.15, -0.1) is 0 Å². The van der Waals surface area contributed by atoms with E-state index in [0.717, 1.165) is 28.8 Å². The molecule has 1 amide bonds. The van der Waals surface area contributed by atoms with Gasteiger partial charge >= 0.3 is 0 Å². The smallest absolute Gasteiger partial charge is 0.251 e. The third-order valence-corrected chi connectivity index (χ3v) is 2.75. The molecule has 1 N–H and O–H groups in total. The molecule has 0 bridgehead atoms. The normalized spacial score (nSPS) is 18.1. The Bertz CT molecular complexity index is 472. The average Bonchev–Trinajstić information content (AvgIpc) is 2.55. The van der Waals surface area contributed by atoms with Crippen molar-refractivity contribution in [1.82, 2.24) is 10.3 Å². The fraction of sp³-hybridized carbons (Fsp3) is 0.231. The summed E-state index contributed by atoms with van der Waals surface area (Å²) in [4.78, 5) is 15.6. The van der Waals surface area contributed by atoms with Crippen LogP contribution in [0.2, 0.25) is 0 Å². The van der Waals surface area contributed by atoms with Gasteiger partial charge in [0.2, 0.25) is 0 Å². The van der Waals surface area contributed by atoms with E-state index in [2.05, 4.69) is 10.3 Å². The van der Waals surface area contributed by atoms with Gasteiger partial charge in [0.15, 0.2) is 0 Å². The number of carbonyl (C=O) groups is 1. The molecule has 0 saturated carbocycles. The van der Waals surface area contributed by atoms with Crippen LogP contribution in [0.1, 0.15) is 25.8 Å². The molecule has 0 spiro atoms. The quantitative estimate of drug-likeness (QED) is 0.820. The summed E-state index contributed by atoms with van der Waals surface area (Å²) in [5.41, 5.74) is 3.86. The van der Waals surface area contributed by atoms with Gasteiger partial charge < -0.3 is 5.32 Å². The second-order valence-corrected chi connectivity index (χ2v) is 3.75. The molecule has 16 heavy (non-hydrogen) atoms. The van der Waals surface area contributed by atoms with E-state index in [9.17, 15) is 4.79 Å². The standard InChI is InChI=1S/C13H14N2O/c1-3-11-9(2)12(15-13(11)16)8-10-4-6-14-7-5-10/h4-8H,3H2,1-2H3,(H,15,16)/b12-8-. The van der Waals surface area contributed by atoms with Crippen LogP contribution < -0.4 is 5.32 Å². The van der Waals surface area contributed by atoms with Crippen molar-refractivity contribution in [3.63, 3.8) is 0 Å². The lowest BCUT2D eigenvalue weighted by molar-refractivity contribution is -0.116. The zero-order valence-corrected chi connectivity index (χ0v) is 9.45. The van der Waals surface area contributed by atoms with Crippen LogP contribution in [-0.2, 0) is 4.79 Å². The highest BCUT2D eigenvalue weighted by molar-refractivity contribution is 6.01. The van der Waals surface area contributed by atoms with Crippen LogP contribution >= 0.6 is 0 Å². The van der Waals surface area contributed by atoms with Crippen molar-refractivity contribution in [2.24, 2.45) is 0 Å². The number of amides is 1. The molecule has 3 nitrogen and oxygen atoms in total. The number of rotatable bonds is 2. The fourth-order valence-electron chi connectivity index (χ4n) is 1.82. The van der Waals surface area contributed by atoms with E-state index in [-0.39, 0.29) is 5.91 Å². The summed E-state index contributed by atoms with van der Waals surface area (Å²) in [5.74, 6) is 0.0281. The molecule has 0 atom stereocenters. The highest BCUT2D eigenvalue weighted by Gasteiger charge is 2.21. The van der Waals surface area contributed by atoms with Gasteiger partial charge in [-0.1, -0.05) is 6.92 Å². The highest BCUT2D eigenvalue weighted by Crippen LogP contribution is 2.23. The Morgan fingerprint density at radius 2 is 2.06 bits per heavy atom. The lowest BCUT2D eigenvalue weighted by Gasteiger charge is -2.00. The second-order valence-electron chi connectivity index (χ2n) is 3.75. The summed E-state index contributed by atoms with van der Waals surface area (Å²) in [6, 6.07) is 3.83. The van der Waals surface area contributed by atoms with Crippen LogP contribution in [-0.4, -0.2) is 10.9 Å². The maximum atomic E-state index is 11.6. The third kappa shape index (κ3) is 1.89. The maximum Gasteiger partial charge on any atom is 0.251 e. The Kier molecular flexibility index (Phi) is 2.86. The first-order valence-corrected chi connectivity index (χ1v) is 5.35. The van der Waals surface area contributed by atoms with Crippen molar-refractivity contribution in [3.8, 4) is 0 Å². The number of allylic oxidation sites excluding steroid dienone is 1. The summed E-state index contributed by atoms with van der Waals surface area (Å²) >= 11 is 0. The van der Waals surface area contributed by atoms with Gasteiger partial charge in [0, 0.05) is 23.7 Å². The van der Waals surface area contributed by atoms with Gasteiger partial charge in [-0.3, -0.25) is 9.78 Å². The molecule has 1 aliphatic heterocycles. The minimum atomic E-state index is 0.0281. The largest absolute Gasteiger partial charge is 0.322 e. The van der Waals surface area contributed by atoms with Crippen LogP contribution in [0.15, 0.2) is 41.4 Å². The van der Waals surface area contributed by atoms with E-state index < -0.39 is 0 Å². The molecule has 2 heterocycles. The van der Waals surface area contributed by atoms with Crippen LogP contribution in [0.4, 0.5) is 0 Å². The molecule has 0 fully saturated rings. The number of carbonyl (C=O) groups excluding carboxylic acids is 1. The van der Waals surface area contributed by atoms with E-state index in [1.807, 2.05) is 32.1 Å². The summed E-state index contributed by atoms with van der Waals surface area (Å²) in [6.45, 7) is 3.97. The number of pyridine rings is 1. The van der Waals surface area contributed by atoms with E-state index in [0.29, 0.717) is 0 Å². The number of hydrogen-bond acceptors (Lipinski definition) is 2. The van der Waals surface area contributed by atoms with Crippen molar-refractivity contribution >= 4 is 12.0 Å². The Hall–Kier alpha value is -1.90. The molecule has 0 radical (unpaired) electrons. The Morgan fingerprint density at radius 1 is 1.38 bits per heavy atom. The number of nitrogens with one attached hydrogen (secondary N) is 1. The molecule has 0 unspecified atom stereocenters. The first kappa shape index (κ1) is 10.6. The number of nitrogens with zero attached hydrogens (tertiary/aromatic N) is 1. The molecule has 3 heteroatoms. The van der Waals surface area contributed by atoms with Crippen molar-refractivity contribution in [2.45, 2.75) is 20.3 Å². The third-order valence-electron chi connectivity index (χ3n) is 2.75. The summed E-state index contributed by atoms with van der Waals surface area (Å²) in [5, 5.41) is 2.88. The number of aromatic nitrogens is 1. The van der Waals surface area contributed by atoms with Gasteiger partial charge in [0.05, 0.1) is 0 Å². The summed E-state index contributed by atoms with van der Waals surface area (Å²) in [7, 11) is 0. The molecule has 1 aromatic heterocycles. The average molecular weight is 214 g/mol. The van der Waals surface area contributed by atoms with Crippen molar-refractivity contribution in [2.75, 3.05) is 0 Å². The lowest BCUT2D eigenvalue weighted by Crippen LogP contribution is -2.15. The predicted molar refractivity (Wildman–Crippen MR) is 63.3 cm³/mol. The van der Waals surface area contributed by atoms with Gasteiger partial charge in [0.25, 0.3) is 5.91 Å². The fourth-order valence-corrected chi connectivity index (χ4v) is 1.82. The van der Waals surface area contributed by atoms with Gasteiger partial charge in [-0.2, -0.15) is 0 Å². The molecule has 2 rings (SSSR count). The van der Waals surface area contributed by atoms with Crippen LogP contribution in [0.5, 0.6) is 0 Å². The Balaban J connectivity index is 2.35. The molecule has 82 valence electrons. The van der Waals surface area contributed by atoms with E-state index in [4.69, 9.17) is 0 Å². The van der Waals surface area contributed by atoms with Crippen molar-refractivity contribution in [1.29, 1.82) is 0 Å². The minimum absolute atomic E-state index is 0.0281. The maximum absolute atomic E-state index is 11.6. The summed E-state index contributed by atoms with van der Waals surface area (Å²) in [6.07, 6.45) is 6.22. The molecule has 0 saturated heterocycles. The first-order valence-electron chi connectivity index (χ1n) is 5.35. The lowest BCUT2D eigenvalue weighted by atomic mass is 10.1. The van der Waals surface area contributed by atoms with Crippen LogP contribution in [0.3, 0.4) is 0 Å². The molecular weight excluding hydrogens is 200 g/mol. The van der Waals surface area contributed by atoms with E-state index >= 15 is 0 Å². The zero-order valence-electron chi connectivity index (χ0n) is 9.45. The molecular formula is C13H14N2O. The topological polar surface area (TPSA) is 42.0 Å². The Labute approximate surface area is 94.9 Å². The van der Waals surface area contributed by atoms with Crippen molar-refractivity contribution in [3.05, 3.63) is 46.9 Å². The predicted octanol–water partition coefficient (Wildman–Crippen LogP) is 2.28. The van der Waals surface area contributed by atoms with E-state index in [1.165, 1.54) is 0 Å². The molecule has 1 aliphatic rings. The van der Waals surface area contributed by atoms with Crippen molar-refractivity contribution < 1.29 is 4.79 Å². The SMILES string of the molecule is CCC1=C(C)/C(=C/c2ccncc2)NC1=O.